The number of rotatable bonds is 34. The number of anilines is 1. The molecule has 3 aromatic rings. The van der Waals surface area contributed by atoms with Crippen molar-refractivity contribution in [1.82, 2.24) is 29.2 Å². The molecule has 2 amide bonds. The molecule has 0 unspecified atom stereocenters. The van der Waals surface area contributed by atoms with E-state index in [-0.39, 0.29) is 25.0 Å². The van der Waals surface area contributed by atoms with Crippen molar-refractivity contribution in [1.29, 1.82) is 0 Å². The second kappa shape index (κ2) is 30.3. The Morgan fingerprint density at radius 1 is 0.681 bits per heavy atom. The molecule has 20 nitrogen and oxygen atoms in total. The number of aromatic nitrogens is 3. The summed E-state index contributed by atoms with van der Waals surface area (Å²) in [6.45, 7) is 20.6. The highest BCUT2D eigenvalue weighted by Gasteiger charge is 2.53. The predicted molar refractivity (Wildman–Crippen MR) is 270 cm³/mol. The molecule has 3 aliphatic rings. The van der Waals surface area contributed by atoms with E-state index in [1.54, 1.807) is 17.3 Å². The second-order valence-corrected chi connectivity index (χ2v) is 19.5. The largest absolute Gasteiger partial charge is 0.481 e. The van der Waals surface area contributed by atoms with Gasteiger partial charge in [0.2, 0.25) is 5.91 Å². The van der Waals surface area contributed by atoms with Crippen molar-refractivity contribution in [3.63, 3.8) is 0 Å². The van der Waals surface area contributed by atoms with E-state index in [4.69, 9.17) is 64.3 Å². The first-order chi connectivity index (χ1) is 34.9. The van der Waals surface area contributed by atoms with Gasteiger partial charge in [0.1, 0.15) is 11.4 Å². The lowest BCUT2D eigenvalue weighted by atomic mass is 9.74. The Morgan fingerprint density at radius 2 is 1.21 bits per heavy atom. The Hall–Kier alpha value is -4.06. The SMILES string of the molecule is CC(C)(C)OC(=O)N1CCC2(CC1)C(=O)N(Cc1nc3cc(Cl)ccc3n1CCCCOCCOCCOCCOCCOCCOCCOCCOCCN1CCN(CCC(=O)O)CC1)c1cnccc12. The minimum Gasteiger partial charge on any atom is -0.481 e. The third-order valence-electron chi connectivity index (χ3n) is 12.8. The summed E-state index contributed by atoms with van der Waals surface area (Å²) < 4.78 is 52.9. The molecule has 0 bridgehead atoms. The molecular weight excluding hydrogens is 954 g/mol. The molecule has 1 spiro atoms. The van der Waals surface area contributed by atoms with Crippen molar-refractivity contribution in [2.24, 2.45) is 0 Å². The highest BCUT2D eigenvalue weighted by Crippen LogP contribution is 2.48. The molecule has 0 aliphatic carbocycles. The van der Waals surface area contributed by atoms with Gasteiger partial charge in [-0.3, -0.25) is 19.5 Å². The molecule has 402 valence electrons. The quantitative estimate of drug-likeness (QED) is 0.0792. The number of piperazine rings is 1. The van der Waals surface area contributed by atoms with Crippen molar-refractivity contribution in [2.75, 3.05) is 163 Å². The van der Waals surface area contributed by atoms with Gasteiger partial charge in [-0.25, -0.2) is 9.78 Å². The summed E-state index contributed by atoms with van der Waals surface area (Å²) in [4.78, 5) is 55.6. The van der Waals surface area contributed by atoms with Crippen LogP contribution < -0.4 is 4.90 Å². The van der Waals surface area contributed by atoms with Crippen molar-refractivity contribution >= 4 is 46.3 Å². The summed E-state index contributed by atoms with van der Waals surface area (Å²) in [5.41, 5.74) is 2.10. The second-order valence-electron chi connectivity index (χ2n) is 19.1. The number of carboxylic acids is 1. The number of unbranched alkanes of at least 4 members (excludes halogenated alkanes) is 1. The molecule has 72 heavy (non-hydrogen) atoms. The van der Waals surface area contributed by atoms with E-state index in [2.05, 4.69) is 19.4 Å². The molecule has 1 N–H and O–H groups in total. The average Bonchev–Trinajstić information content (AvgIpc) is 3.81. The van der Waals surface area contributed by atoms with Crippen molar-refractivity contribution in [2.45, 2.75) is 77.0 Å². The third kappa shape index (κ3) is 18.4. The fourth-order valence-corrected chi connectivity index (χ4v) is 9.16. The summed E-state index contributed by atoms with van der Waals surface area (Å²) in [5, 5.41) is 9.43. The smallest absolute Gasteiger partial charge is 0.410 e. The van der Waals surface area contributed by atoms with Gasteiger partial charge in [-0.1, -0.05) is 11.6 Å². The number of hydrogen-bond acceptors (Lipinski definition) is 16. The van der Waals surface area contributed by atoms with Gasteiger partial charge in [0.15, 0.2) is 0 Å². The Morgan fingerprint density at radius 3 is 1.75 bits per heavy atom. The number of likely N-dealkylation sites (tertiary alicyclic amines) is 1. The number of halogens is 1. The van der Waals surface area contributed by atoms with Gasteiger partial charge in [-0.05, 0) is 76.3 Å². The first-order valence-electron chi connectivity index (χ1n) is 25.6. The average molecular weight is 1030 g/mol. The Bertz CT molecular complexity index is 2090. The van der Waals surface area contributed by atoms with E-state index >= 15 is 0 Å². The lowest BCUT2D eigenvalue weighted by Gasteiger charge is -2.38. The number of imidazole rings is 1. The molecular formula is C51H78ClN7O13. The van der Waals surface area contributed by atoms with Gasteiger partial charge in [0, 0.05) is 76.7 Å². The maximum absolute atomic E-state index is 14.5. The van der Waals surface area contributed by atoms with Crippen LogP contribution in [-0.2, 0) is 70.7 Å². The molecule has 0 atom stereocenters. The van der Waals surface area contributed by atoms with Crippen molar-refractivity contribution in [3.8, 4) is 0 Å². The lowest BCUT2D eigenvalue weighted by molar-refractivity contribution is -0.137. The van der Waals surface area contributed by atoms with E-state index in [0.717, 1.165) is 73.7 Å². The summed E-state index contributed by atoms with van der Waals surface area (Å²) >= 11 is 6.39. The predicted octanol–water partition coefficient (Wildman–Crippen LogP) is 4.91. The van der Waals surface area contributed by atoms with E-state index < -0.39 is 17.0 Å². The van der Waals surface area contributed by atoms with Crippen molar-refractivity contribution < 1.29 is 62.1 Å². The van der Waals surface area contributed by atoms with Crippen LogP contribution in [0.25, 0.3) is 11.0 Å². The number of nitrogens with zero attached hydrogens (tertiary/aromatic N) is 7. The molecule has 0 radical (unpaired) electrons. The summed E-state index contributed by atoms with van der Waals surface area (Å²) in [5.74, 6) is 0.0205. The van der Waals surface area contributed by atoms with E-state index in [1.807, 2.05) is 49.9 Å². The zero-order chi connectivity index (χ0) is 51.0. The number of piperidine rings is 1. The fourth-order valence-electron chi connectivity index (χ4n) is 8.99. The number of carboxylic acid groups (broad SMARTS) is 1. The van der Waals surface area contributed by atoms with Crippen LogP contribution in [0.3, 0.4) is 0 Å². The molecule has 1 aromatic carbocycles. The highest BCUT2D eigenvalue weighted by atomic mass is 35.5. The first-order valence-corrected chi connectivity index (χ1v) is 26.0. The first kappa shape index (κ1) is 57.2. The standard InChI is InChI=1S/C51H78ClN7O13/c1-50(2,3)72-49(63)57-15-10-51(11-16-57)42-8-12-53-39-45(42)59(48(51)62)40-46-54-43-38-41(52)6-7-44(43)58(46)13-4-5-22-64-24-26-66-28-30-68-32-34-70-36-37-71-35-33-69-31-29-67-27-25-65-23-21-56-19-17-55(18-20-56)14-9-47(60)61/h6-8,12,38-39H,4-5,9-11,13-37,40H2,1-3H3,(H,60,61). The Balaban J connectivity index is 0.736. The Labute approximate surface area is 429 Å². The number of pyridine rings is 1. The van der Waals surface area contributed by atoms with Gasteiger partial charge >= 0.3 is 12.1 Å². The third-order valence-corrected chi connectivity index (χ3v) is 13.0. The number of aliphatic carboxylic acids is 1. The number of carbonyl (C=O) groups is 3. The molecule has 6 rings (SSSR count). The van der Waals surface area contributed by atoms with Crippen LogP contribution in [-0.4, -0.2) is 216 Å². The maximum Gasteiger partial charge on any atom is 0.410 e. The maximum atomic E-state index is 14.5. The van der Waals surface area contributed by atoms with Gasteiger partial charge in [-0.2, -0.15) is 0 Å². The number of amides is 2. The normalized spacial score (nSPS) is 16.4. The van der Waals surface area contributed by atoms with Crippen LogP contribution in [0, 0.1) is 0 Å². The molecule has 0 saturated carbocycles. The van der Waals surface area contributed by atoms with Crippen LogP contribution >= 0.6 is 11.6 Å². The topological polar surface area (TPSA) is 198 Å². The van der Waals surface area contributed by atoms with Crippen LogP contribution in [0.2, 0.25) is 5.02 Å². The molecule has 5 heterocycles. The van der Waals surface area contributed by atoms with Gasteiger partial charge in [0.25, 0.3) is 0 Å². The fraction of sp³-hybridized carbons (Fsp3) is 0.706. The monoisotopic (exact) mass is 1030 g/mol. The van der Waals surface area contributed by atoms with E-state index in [1.165, 1.54) is 0 Å². The molecule has 3 aliphatic heterocycles. The van der Waals surface area contributed by atoms with Crippen LogP contribution in [0.4, 0.5) is 10.5 Å². The Kier molecular flexibility index (Phi) is 24.1. The number of fused-ring (bicyclic) bond motifs is 3. The zero-order valence-electron chi connectivity index (χ0n) is 42.7. The minimum atomic E-state index is -0.750. The van der Waals surface area contributed by atoms with Gasteiger partial charge in [-0.15, -0.1) is 0 Å². The number of carbonyl (C=O) groups excluding carboxylic acids is 2. The summed E-state index contributed by atoms with van der Waals surface area (Å²) in [6, 6.07) is 7.64. The minimum absolute atomic E-state index is 0.00370. The van der Waals surface area contributed by atoms with Crippen LogP contribution in [0.15, 0.2) is 36.7 Å². The molecule has 2 fully saturated rings. The molecule has 2 saturated heterocycles. The summed E-state index contributed by atoms with van der Waals surface area (Å²) in [7, 11) is 0. The summed E-state index contributed by atoms with van der Waals surface area (Å²) in [6.07, 6.45) is 6.00. The van der Waals surface area contributed by atoms with Crippen LogP contribution in [0.5, 0.6) is 0 Å². The number of aryl methyl sites for hydroxylation is 1. The van der Waals surface area contributed by atoms with Gasteiger partial charge in [0.05, 0.1) is 140 Å². The van der Waals surface area contributed by atoms with Crippen molar-refractivity contribution in [3.05, 3.63) is 53.1 Å². The van der Waals surface area contributed by atoms with Crippen LogP contribution in [0.1, 0.15) is 64.3 Å². The lowest BCUT2D eigenvalue weighted by Crippen LogP contribution is -2.51. The molecule has 21 heteroatoms. The highest BCUT2D eigenvalue weighted by molar-refractivity contribution is 6.31. The van der Waals surface area contributed by atoms with E-state index in [0.29, 0.717) is 150 Å². The number of ether oxygens (including phenoxy) is 9. The number of hydrogen-bond donors (Lipinski definition) is 1. The van der Waals surface area contributed by atoms with E-state index in [9.17, 15) is 14.4 Å². The number of benzene rings is 1. The zero-order valence-corrected chi connectivity index (χ0v) is 43.5. The molecule has 2 aromatic heterocycles. The van der Waals surface area contributed by atoms with Gasteiger partial charge < -0.3 is 67.0 Å².